The van der Waals surface area contributed by atoms with Crippen molar-refractivity contribution in [3.63, 3.8) is 0 Å². The molecule has 0 aromatic carbocycles. The van der Waals surface area contributed by atoms with Crippen molar-refractivity contribution in [1.29, 1.82) is 0 Å². The van der Waals surface area contributed by atoms with E-state index in [2.05, 4.69) is 18.7 Å². The lowest BCUT2D eigenvalue weighted by molar-refractivity contribution is -0.145. The van der Waals surface area contributed by atoms with Crippen LogP contribution in [0, 0.1) is 5.41 Å². The molecule has 1 amide bonds. The summed E-state index contributed by atoms with van der Waals surface area (Å²) in [5.74, 6) is 0.328. The van der Waals surface area contributed by atoms with E-state index in [1.807, 2.05) is 0 Å². The first-order valence-electron chi connectivity index (χ1n) is 7.16. The molecule has 0 aromatic rings. The first-order valence-corrected chi connectivity index (χ1v) is 7.16. The second-order valence-electron chi connectivity index (χ2n) is 5.97. The smallest absolute Gasteiger partial charge is 0.230 e. The third kappa shape index (κ3) is 2.22. The van der Waals surface area contributed by atoms with Gasteiger partial charge in [0.05, 0.1) is 5.41 Å². The van der Waals surface area contributed by atoms with Gasteiger partial charge in [0.2, 0.25) is 5.91 Å². The minimum Gasteiger partial charge on any atom is -0.339 e. The fraction of sp³-hybridized carbons (Fsp3) is 0.929. The zero-order valence-electron chi connectivity index (χ0n) is 11.2. The van der Waals surface area contributed by atoms with Gasteiger partial charge in [0.1, 0.15) is 0 Å². The van der Waals surface area contributed by atoms with Gasteiger partial charge in [-0.2, -0.15) is 0 Å². The van der Waals surface area contributed by atoms with Crippen molar-refractivity contribution in [3.8, 4) is 0 Å². The molecule has 1 aliphatic heterocycles. The van der Waals surface area contributed by atoms with E-state index < -0.39 is 0 Å². The van der Waals surface area contributed by atoms with Gasteiger partial charge in [-0.25, -0.2) is 0 Å². The molecule has 1 saturated carbocycles. The third-order valence-electron chi connectivity index (χ3n) is 4.88. The molecule has 2 rings (SSSR count). The monoisotopic (exact) mass is 238 g/mol. The van der Waals surface area contributed by atoms with Crippen LogP contribution in [0.3, 0.4) is 0 Å². The highest BCUT2D eigenvalue weighted by atomic mass is 16.2. The van der Waals surface area contributed by atoms with Gasteiger partial charge in [-0.15, -0.1) is 0 Å². The highest BCUT2D eigenvalue weighted by Crippen LogP contribution is 2.39. The molecule has 3 nitrogen and oxygen atoms in total. The largest absolute Gasteiger partial charge is 0.339 e. The molecule has 2 fully saturated rings. The molecular formula is C14H26N2O. The fourth-order valence-corrected chi connectivity index (χ4v) is 3.48. The lowest BCUT2D eigenvalue weighted by Gasteiger charge is -2.41. The Morgan fingerprint density at radius 1 is 1.35 bits per heavy atom. The molecule has 17 heavy (non-hydrogen) atoms. The van der Waals surface area contributed by atoms with E-state index in [9.17, 15) is 4.79 Å². The van der Waals surface area contributed by atoms with E-state index in [1.165, 1.54) is 12.8 Å². The molecule has 3 unspecified atom stereocenters. The molecule has 2 N–H and O–H groups in total. The molecule has 1 heterocycles. The number of nitrogens with two attached hydrogens (primary N) is 1. The Balaban J connectivity index is 2.12. The van der Waals surface area contributed by atoms with Gasteiger partial charge in [-0.05, 0) is 45.4 Å². The van der Waals surface area contributed by atoms with Crippen LogP contribution in [-0.4, -0.2) is 29.4 Å². The van der Waals surface area contributed by atoms with Crippen LogP contribution in [0.5, 0.6) is 0 Å². The number of nitrogens with zero attached hydrogens (tertiary/aromatic N) is 1. The Kier molecular flexibility index (Phi) is 3.76. The summed E-state index contributed by atoms with van der Waals surface area (Å²) in [4.78, 5) is 14.9. The second kappa shape index (κ2) is 4.97. The number of rotatable bonds is 2. The first-order chi connectivity index (χ1) is 8.09. The van der Waals surface area contributed by atoms with E-state index in [-0.39, 0.29) is 11.5 Å². The number of hydrogen-bond donors (Lipinski definition) is 1. The van der Waals surface area contributed by atoms with Crippen LogP contribution in [-0.2, 0) is 4.79 Å². The third-order valence-corrected chi connectivity index (χ3v) is 4.88. The van der Waals surface area contributed by atoms with E-state index in [1.54, 1.807) is 0 Å². The fourth-order valence-electron chi connectivity index (χ4n) is 3.48. The number of carbonyl (C=O) groups excluding carboxylic acids is 1. The van der Waals surface area contributed by atoms with Crippen molar-refractivity contribution in [2.24, 2.45) is 11.1 Å². The van der Waals surface area contributed by atoms with Crippen LogP contribution in [0.1, 0.15) is 58.8 Å². The SMILES string of the molecule is CCC1CCCCN1C(=O)C1(C)CCCC1N. The van der Waals surface area contributed by atoms with E-state index >= 15 is 0 Å². The Bertz CT molecular complexity index is 292. The standard InChI is InChI=1S/C14H26N2O/c1-3-11-7-4-5-10-16(11)13(17)14(2)9-6-8-12(14)15/h11-12H,3-10,15H2,1-2H3. The lowest BCUT2D eigenvalue weighted by atomic mass is 9.82. The maximum absolute atomic E-state index is 12.7. The van der Waals surface area contributed by atoms with Crippen molar-refractivity contribution >= 4 is 5.91 Å². The molecular weight excluding hydrogens is 212 g/mol. The quantitative estimate of drug-likeness (QED) is 0.802. The zero-order valence-corrected chi connectivity index (χ0v) is 11.2. The van der Waals surface area contributed by atoms with Gasteiger partial charge in [-0.3, -0.25) is 4.79 Å². The summed E-state index contributed by atoms with van der Waals surface area (Å²) in [5, 5.41) is 0. The van der Waals surface area contributed by atoms with Gasteiger partial charge in [0, 0.05) is 18.6 Å². The van der Waals surface area contributed by atoms with Crippen LogP contribution < -0.4 is 5.73 Å². The Labute approximate surface area is 105 Å². The highest BCUT2D eigenvalue weighted by molar-refractivity contribution is 5.84. The van der Waals surface area contributed by atoms with Gasteiger partial charge >= 0.3 is 0 Å². The number of hydrogen-bond acceptors (Lipinski definition) is 2. The van der Waals surface area contributed by atoms with Crippen LogP contribution >= 0.6 is 0 Å². The predicted molar refractivity (Wildman–Crippen MR) is 69.6 cm³/mol. The van der Waals surface area contributed by atoms with Gasteiger partial charge < -0.3 is 10.6 Å². The highest BCUT2D eigenvalue weighted by Gasteiger charge is 2.46. The summed E-state index contributed by atoms with van der Waals surface area (Å²) < 4.78 is 0. The normalized spacial score (nSPS) is 38.4. The lowest BCUT2D eigenvalue weighted by Crippen LogP contribution is -2.53. The van der Waals surface area contributed by atoms with Crippen molar-refractivity contribution < 1.29 is 4.79 Å². The van der Waals surface area contributed by atoms with Crippen LogP contribution in [0.15, 0.2) is 0 Å². The first kappa shape index (κ1) is 12.9. The molecule has 1 aliphatic carbocycles. The Morgan fingerprint density at radius 2 is 2.12 bits per heavy atom. The van der Waals surface area contributed by atoms with E-state index in [0.29, 0.717) is 11.9 Å². The summed E-state index contributed by atoms with van der Waals surface area (Å²) in [5.41, 5.74) is 5.87. The molecule has 98 valence electrons. The number of piperidine rings is 1. The van der Waals surface area contributed by atoms with Crippen LogP contribution in [0.2, 0.25) is 0 Å². The summed E-state index contributed by atoms with van der Waals surface area (Å²) >= 11 is 0. The number of carbonyl (C=O) groups is 1. The minimum atomic E-state index is -0.287. The molecule has 1 saturated heterocycles. The summed E-state index contributed by atoms with van der Waals surface area (Å²) in [6, 6.07) is 0.523. The van der Waals surface area contributed by atoms with Crippen molar-refractivity contribution in [1.82, 2.24) is 4.90 Å². The topological polar surface area (TPSA) is 46.3 Å². The van der Waals surface area contributed by atoms with Crippen LogP contribution in [0.4, 0.5) is 0 Å². The van der Waals surface area contributed by atoms with Crippen LogP contribution in [0.25, 0.3) is 0 Å². The summed E-state index contributed by atoms with van der Waals surface area (Å²) in [6.45, 7) is 5.21. The van der Waals surface area contributed by atoms with Gasteiger partial charge in [0.25, 0.3) is 0 Å². The van der Waals surface area contributed by atoms with Crippen molar-refractivity contribution in [3.05, 3.63) is 0 Å². The maximum atomic E-state index is 12.7. The number of amides is 1. The predicted octanol–water partition coefficient (Wildman–Crippen LogP) is 2.29. The molecule has 3 atom stereocenters. The Morgan fingerprint density at radius 3 is 2.71 bits per heavy atom. The second-order valence-corrected chi connectivity index (χ2v) is 5.97. The summed E-state index contributed by atoms with van der Waals surface area (Å²) in [6.07, 6.45) is 7.77. The van der Waals surface area contributed by atoms with E-state index in [4.69, 9.17) is 5.73 Å². The van der Waals surface area contributed by atoms with Crippen molar-refractivity contribution in [2.45, 2.75) is 70.9 Å². The molecule has 0 radical (unpaired) electrons. The molecule has 2 aliphatic rings. The Hall–Kier alpha value is -0.570. The average molecular weight is 238 g/mol. The van der Waals surface area contributed by atoms with Gasteiger partial charge in [0.15, 0.2) is 0 Å². The zero-order chi connectivity index (χ0) is 12.5. The molecule has 0 spiro atoms. The summed E-state index contributed by atoms with van der Waals surface area (Å²) in [7, 11) is 0. The molecule has 3 heteroatoms. The minimum absolute atomic E-state index is 0.0643. The van der Waals surface area contributed by atoms with E-state index in [0.717, 1.165) is 38.6 Å². The molecule has 0 aromatic heterocycles. The number of likely N-dealkylation sites (tertiary alicyclic amines) is 1. The van der Waals surface area contributed by atoms with Gasteiger partial charge in [-0.1, -0.05) is 13.3 Å². The average Bonchev–Trinajstić information content (AvgIpc) is 2.70. The molecule has 0 bridgehead atoms. The maximum Gasteiger partial charge on any atom is 0.230 e. The van der Waals surface area contributed by atoms with Crippen molar-refractivity contribution in [2.75, 3.05) is 6.54 Å².